The van der Waals surface area contributed by atoms with Crippen molar-refractivity contribution in [2.24, 2.45) is 11.8 Å². The zero-order valence-electron chi connectivity index (χ0n) is 9.79. The Labute approximate surface area is 96.9 Å². The van der Waals surface area contributed by atoms with Crippen molar-refractivity contribution in [1.82, 2.24) is 0 Å². The predicted octanol–water partition coefficient (Wildman–Crippen LogP) is 3.01. The van der Waals surface area contributed by atoms with Crippen LogP contribution in [0.3, 0.4) is 0 Å². The number of aryl methyl sites for hydroxylation is 1. The molecule has 82 valence electrons. The highest BCUT2D eigenvalue weighted by Gasteiger charge is 2.34. The lowest BCUT2D eigenvalue weighted by molar-refractivity contribution is 0.0900. The van der Waals surface area contributed by atoms with Crippen LogP contribution < -0.4 is 0 Å². The number of terminal acetylenes is 1. The molecule has 2 atom stereocenters. The van der Waals surface area contributed by atoms with E-state index < -0.39 is 0 Å². The van der Waals surface area contributed by atoms with Gasteiger partial charge in [-0.3, -0.25) is 4.79 Å². The second-order valence-corrected chi connectivity index (χ2v) is 4.67. The molecule has 1 heteroatoms. The third-order valence-corrected chi connectivity index (χ3v) is 3.51. The third kappa shape index (κ3) is 1.65. The second kappa shape index (κ2) is 4.14. The van der Waals surface area contributed by atoms with Crippen molar-refractivity contribution >= 4 is 5.78 Å². The van der Waals surface area contributed by atoms with Crippen LogP contribution in [0.4, 0.5) is 0 Å². The first-order valence-electron chi connectivity index (χ1n) is 5.71. The van der Waals surface area contributed by atoms with E-state index in [2.05, 4.69) is 18.9 Å². The molecule has 0 amide bonds. The van der Waals surface area contributed by atoms with E-state index >= 15 is 0 Å². The minimum atomic E-state index is 0.0900. The maximum Gasteiger partial charge on any atom is 0.167 e. The van der Waals surface area contributed by atoms with E-state index in [1.807, 2.05) is 19.1 Å². The largest absolute Gasteiger partial charge is 0.294 e. The topological polar surface area (TPSA) is 17.1 Å². The van der Waals surface area contributed by atoms with Crippen molar-refractivity contribution in [2.45, 2.75) is 26.7 Å². The summed E-state index contributed by atoms with van der Waals surface area (Å²) in [4.78, 5) is 12.3. The van der Waals surface area contributed by atoms with E-state index in [9.17, 15) is 4.79 Å². The SMILES string of the molecule is C#CCC(C)C1Cc2cccc(C)c2C1=O. The highest BCUT2D eigenvalue weighted by Crippen LogP contribution is 2.34. The molecule has 1 nitrogen and oxygen atoms in total. The molecule has 0 saturated heterocycles. The molecule has 2 rings (SSSR count). The van der Waals surface area contributed by atoms with Crippen LogP contribution in [0, 0.1) is 31.1 Å². The Morgan fingerprint density at radius 1 is 1.56 bits per heavy atom. The lowest BCUT2D eigenvalue weighted by Crippen LogP contribution is -2.18. The minimum absolute atomic E-state index is 0.0900. The normalized spacial score (nSPS) is 20.3. The molecule has 0 saturated carbocycles. The molecule has 0 aromatic heterocycles. The van der Waals surface area contributed by atoms with Crippen molar-refractivity contribution in [3.63, 3.8) is 0 Å². The van der Waals surface area contributed by atoms with Crippen LogP contribution >= 0.6 is 0 Å². The number of Topliss-reactive ketones (excluding diaryl/α,β-unsaturated/α-hetero) is 1. The van der Waals surface area contributed by atoms with Gasteiger partial charge in [-0.15, -0.1) is 12.3 Å². The van der Waals surface area contributed by atoms with Gasteiger partial charge in [0.15, 0.2) is 5.78 Å². The van der Waals surface area contributed by atoms with Crippen molar-refractivity contribution in [3.8, 4) is 12.3 Å². The average molecular weight is 212 g/mol. The first-order valence-corrected chi connectivity index (χ1v) is 5.71. The van der Waals surface area contributed by atoms with Crippen LogP contribution in [-0.2, 0) is 6.42 Å². The third-order valence-electron chi connectivity index (χ3n) is 3.51. The molecule has 1 aliphatic rings. The van der Waals surface area contributed by atoms with Crippen LogP contribution in [0.25, 0.3) is 0 Å². The maximum absolute atomic E-state index is 12.3. The lowest BCUT2D eigenvalue weighted by atomic mass is 9.88. The first kappa shape index (κ1) is 11.0. The highest BCUT2D eigenvalue weighted by molar-refractivity contribution is 6.03. The van der Waals surface area contributed by atoms with Gasteiger partial charge in [0.05, 0.1) is 0 Å². The van der Waals surface area contributed by atoms with Gasteiger partial charge in [-0.1, -0.05) is 25.1 Å². The number of ketones is 1. The highest BCUT2D eigenvalue weighted by atomic mass is 16.1. The smallest absolute Gasteiger partial charge is 0.167 e. The summed E-state index contributed by atoms with van der Waals surface area (Å²) in [6.07, 6.45) is 6.86. The van der Waals surface area contributed by atoms with E-state index in [4.69, 9.17) is 6.42 Å². The van der Waals surface area contributed by atoms with Crippen LogP contribution in [-0.4, -0.2) is 5.78 Å². The molecule has 2 unspecified atom stereocenters. The van der Waals surface area contributed by atoms with Gasteiger partial charge in [-0.25, -0.2) is 0 Å². The van der Waals surface area contributed by atoms with E-state index in [-0.39, 0.29) is 17.6 Å². The van der Waals surface area contributed by atoms with Crippen LogP contribution in [0.2, 0.25) is 0 Å². The molecule has 0 aliphatic heterocycles. The maximum atomic E-state index is 12.3. The Kier molecular flexibility index (Phi) is 2.83. The molecule has 1 aromatic rings. The molecule has 1 aromatic carbocycles. The van der Waals surface area contributed by atoms with Crippen molar-refractivity contribution in [2.75, 3.05) is 0 Å². The summed E-state index contributed by atoms with van der Waals surface area (Å²) in [5.74, 6) is 3.31. The monoisotopic (exact) mass is 212 g/mol. The van der Waals surface area contributed by atoms with Gasteiger partial charge < -0.3 is 0 Å². The summed E-state index contributed by atoms with van der Waals surface area (Å²) in [6, 6.07) is 6.09. The first-order chi connectivity index (χ1) is 7.65. The number of fused-ring (bicyclic) bond motifs is 1. The Balaban J connectivity index is 2.32. The molecule has 16 heavy (non-hydrogen) atoms. The van der Waals surface area contributed by atoms with Crippen molar-refractivity contribution in [1.29, 1.82) is 0 Å². The molecule has 1 aliphatic carbocycles. The summed E-state index contributed by atoms with van der Waals surface area (Å²) < 4.78 is 0. The van der Waals surface area contributed by atoms with Gasteiger partial charge in [-0.05, 0) is 30.4 Å². The van der Waals surface area contributed by atoms with Crippen molar-refractivity contribution < 1.29 is 4.79 Å². The van der Waals surface area contributed by atoms with E-state index in [1.54, 1.807) is 0 Å². The zero-order valence-corrected chi connectivity index (χ0v) is 9.79. The fourth-order valence-electron chi connectivity index (χ4n) is 2.55. The average Bonchev–Trinajstić information content (AvgIpc) is 2.58. The summed E-state index contributed by atoms with van der Waals surface area (Å²) in [7, 11) is 0. The molecule has 0 heterocycles. The Bertz CT molecular complexity index is 465. The predicted molar refractivity (Wildman–Crippen MR) is 65.3 cm³/mol. The fraction of sp³-hybridized carbons (Fsp3) is 0.400. The standard InChI is InChI=1S/C15H16O/c1-4-6-10(2)13-9-12-8-5-7-11(3)14(12)15(13)16/h1,5,7-8,10,13H,6,9H2,2-3H3. The Morgan fingerprint density at radius 3 is 2.94 bits per heavy atom. The molecular formula is C15H16O. The van der Waals surface area contributed by atoms with Crippen LogP contribution in [0.15, 0.2) is 18.2 Å². The molecular weight excluding hydrogens is 196 g/mol. The molecule has 0 spiro atoms. The molecule has 0 N–H and O–H groups in total. The summed E-state index contributed by atoms with van der Waals surface area (Å²) in [6.45, 7) is 4.08. The van der Waals surface area contributed by atoms with Gasteiger partial charge in [0.25, 0.3) is 0 Å². The van der Waals surface area contributed by atoms with Gasteiger partial charge in [-0.2, -0.15) is 0 Å². The zero-order chi connectivity index (χ0) is 11.7. The molecule has 0 bridgehead atoms. The van der Waals surface area contributed by atoms with Crippen molar-refractivity contribution in [3.05, 3.63) is 34.9 Å². The number of carbonyl (C=O) groups excluding carboxylic acids is 1. The number of benzene rings is 1. The van der Waals surface area contributed by atoms with Gasteiger partial charge in [0.2, 0.25) is 0 Å². The quantitative estimate of drug-likeness (QED) is 0.689. The van der Waals surface area contributed by atoms with Gasteiger partial charge in [0.1, 0.15) is 0 Å². The number of rotatable bonds is 2. The number of hydrogen-bond acceptors (Lipinski definition) is 1. The van der Waals surface area contributed by atoms with Crippen LogP contribution in [0.1, 0.15) is 34.8 Å². The lowest BCUT2D eigenvalue weighted by Gasteiger charge is -2.14. The summed E-state index contributed by atoms with van der Waals surface area (Å²) in [5, 5.41) is 0. The van der Waals surface area contributed by atoms with E-state index in [0.717, 1.165) is 17.5 Å². The Morgan fingerprint density at radius 2 is 2.31 bits per heavy atom. The Hall–Kier alpha value is -1.55. The van der Waals surface area contributed by atoms with Crippen LogP contribution in [0.5, 0.6) is 0 Å². The minimum Gasteiger partial charge on any atom is -0.294 e. The van der Waals surface area contributed by atoms with Gasteiger partial charge >= 0.3 is 0 Å². The fourth-order valence-corrected chi connectivity index (χ4v) is 2.55. The summed E-state index contributed by atoms with van der Waals surface area (Å²) >= 11 is 0. The summed E-state index contributed by atoms with van der Waals surface area (Å²) in [5.41, 5.74) is 3.23. The number of carbonyl (C=O) groups is 1. The van der Waals surface area contributed by atoms with Gasteiger partial charge in [0, 0.05) is 17.9 Å². The van der Waals surface area contributed by atoms with E-state index in [1.165, 1.54) is 5.56 Å². The molecule has 0 fully saturated rings. The number of hydrogen-bond donors (Lipinski definition) is 0. The van der Waals surface area contributed by atoms with E-state index in [0.29, 0.717) is 6.42 Å². The molecule has 0 radical (unpaired) electrons. The second-order valence-electron chi connectivity index (χ2n) is 4.67.